The van der Waals surface area contributed by atoms with E-state index in [1.54, 1.807) is 0 Å². The minimum absolute atomic E-state index is 0.371. The molecule has 1 aliphatic heterocycles. The lowest BCUT2D eigenvalue weighted by atomic mass is 9.89. The van der Waals surface area contributed by atoms with Crippen LogP contribution in [0.1, 0.15) is 17.9 Å². The number of halogens is 1. The molecule has 2 unspecified atom stereocenters. The summed E-state index contributed by atoms with van der Waals surface area (Å²) in [4.78, 5) is 0. The maximum atomic E-state index is 6.50. The molecule has 2 aromatic carbocycles. The first-order valence-electron chi connectivity index (χ1n) is 7.04. The Kier molecular flexibility index (Phi) is 3.33. The van der Waals surface area contributed by atoms with Gasteiger partial charge in [0.1, 0.15) is 5.75 Å². The number of allylic oxidation sites excluding steroid dienone is 4. The van der Waals surface area contributed by atoms with Gasteiger partial charge in [0.15, 0.2) is 0 Å². The van der Waals surface area contributed by atoms with Crippen molar-refractivity contribution in [1.82, 2.24) is 0 Å². The highest BCUT2D eigenvalue weighted by Gasteiger charge is 2.28. The van der Waals surface area contributed by atoms with E-state index >= 15 is 0 Å². The summed E-state index contributed by atoms with van der Waals surface area (Å²) in [5.41, 5.74) is 3.60. The molecular weight excluding hydrogens is 299 g/mol. The van der Waals surface area contributed by atoms with Crippen molar-refractivity contribution in [1.29, 1.82) is 0 Å². The maximum absolute atomic E-state index is 6.50. The fraction of sp³-hybridized carbons (Fsp3) is 0.111. The Hall–Kier alpha value is -1.56. The molecule has 1 aliphatic carbocycles. The van der Waals surface area contributed by atoms with Gasteiger partial charge in [-0.1, -0.05) is 60.7 Å². The average molecular weight is 313 g/mol. The molecule has 21 heavy (non-hydrogen) atoms. The molecule has 0 saturated heterocycles. The molecule has 0 aromatic heterocycles. The Morgan fingerprint density at radius 2 is 1.86 bits per heavy atom. The van der Waals surface area contributed by atoms with Crippen molar-refractivity contribution in [2.24, 2.45) is 0 Å². The Balaban J connectivity index is 1.89. The lowest BCUT2D eigenvalue weighted by molar-refractivity contribution is 0.613. The Bertz CT molecular complexity index is 751. The number of hydrogen-bond acceptors (Lipinski definition) is 1. The van der Waals surface area contributed by atoms with E-state index in [2.05, 4.69) is 60.7 Å². The summed E-state index contributed by atoms with van der Waals surface area (Å²) in [6.07, 6.45) is 9.64. The number of para-hydroxylation sites is 1. The van der Waals surface area contributed by atoms with Gasteiger partial charge in [-0.15, -0.1) is 0 Å². The number of fused-ring (bicyclic) bond motifs is 3. The van der Waals surface area contributed by atoms with Crippen molar-refractivity contribution in [2.45, 2.75) is 12.3 Å². The van der Waals surface area contributed by atoms with Crippen LogP contribution < -0.4 is 9.83 Å². The zero-order valence-electron chi connectivity index (χ0n) is 11.4. The third kappa shape index (κ3) is 2.21. The van der Waals surface area contributed by atoms with Gasteiger partial charge < -0.3 is 4.52 Å². The molecule has 3 heteroatoms. The number of benzene rings is 2. The van der Waals surface area contributed by atoms with Gasteiger partial charge in [0.05, 0.1) is 0 Å². The molecule has 0 saturated carbocycles. The molecule has 0 spiro atoms. The number of hydrogen-bond donors (Lipinski definition) is 0. The van der Waals surface area contributed by atoms with Gasteiger partial charge in [0, 0.05) is 22.3 Å². The van der Waals surface area contributed by atoms with Crippen molar-refractivity contribution < 1.29 is 4.52 Å². The van der Waals surface area contributed by atoms with Crippen molar-refractivity contribution in [3.8, 4) is 16.9 Å². The van der Waals surface area contributed by atoms with Crippen LogP contribution in [0.5, 0.6) is 5.75 Å². The van der Waals surface area contributed by atoms with E-state index in [-0.39, 0.29) is 0 Å². The molecule has 0 amide bonds. The van der Waals surface area contributed by atoms with Crippen LogP contribution in [0.2, 0.25) is 0 Å². The second-order valence-corrected chi connectivity index (χ2v) is 7.31. The molecule has 4 rings (SSSR count). The molecular formula is C18H14ClOP. The van der Waals surface area contributed by atoms with Crippen molar-refractivity contribution >= 4 is 24.0 Å². The van der Waals surface area contributed by atoms with Crippen LogP contribution in [0.15, 0.2) is 66.8 Å². The predicted octanol–water partition coefficient (Wildman–Crippen LogP) is 5.52. The topological polar surface area (TPSA) is 9.23 Å². The van der Waals surface area contributed by atoms with E-state index < -0.39 is 7.50 Å². The molecule has 1 heterocycles. The molecule has 2 atom stereocenters. The molecule has 104 valence electrons. The van der Waals surface area contributed by atoms with Crippen molar-refractivity contribution in [3.63, 3.8) is 0 Å². The third-order valence-corrected chi connectivity index (χ3v) is 5.85. The summed E-state index contributed by atoms with van der Waals surface area (Å²) in [5, 5.41) is 1.11. The second-order valence-electron chi connectivity index (χ2n) is 5.23. The summed E-state index contributed by atoms with van der Waals surface area (Å²) < 4.78 is 6.11. The molecule has 0 radical (unpaired) electrons. The third-order valence-electron chi connectivity index (χ3n) is 3.98. The molecule has 0 fully saturated rings. The molecule has 2 aliphatic rings. The lowest BCUT2D eigenvalue weighted by Crippen LogP contribution is -2.13. The Labute approximate surface area is 130 Å². The second kappa shape index (κ2) is 5.33. The highest BCUT2D eigenvalue weighted by Crippen LogP contribution is 2.54. The lowest BCUT2D eigenvalue weighted by Gasteiger charge is -2.28. The standard InChI is InChI=1S/C18H14ClOP/c19-21-17-12-5-4-9-15(17)16-11-6-10-14(18(16)20-21)13-7-2-1-3-8-13/h1-7,9-13H,8H2. The normalized spacial score (nSPS) is 22.3. The Morgan fingerprint density at radius 1 is 1.00 bits per heavy atom. The predicted molar refractivity (Wildman–Crippen MR) is 90.6 cm³/mol. The van der Waals surface area contributed by atoms with Gasteiger partial charge in [0.25, 0.3) is 0 Å². The van der Waals surface area contributed by atoms with Gasteiger partial charge >= 0.3 is 0 Å². The van der Waals surface area contributed by atoms with E-state index in [9.17, 15) is 0 Å². The summed E-state index contributed by atoms with van der Waals surface area (Å²) in [5.74, 6) is 1.33. The largest absolute Gasteiger partial charge is 0.452 e. The summed E-state index contributed by atoms with van der Waals surface area (Å²) in [7, 11) is -1.10. The highest BCUT2D eigenvalue weighted by molar-refractivity contribution is 7.86. The van der Waals surface area contributed by atoms with E-state index in [0.717, 1.165) is 23.0 Å². The zero-order valence-corrected chi connectivity index (χ0v) is 13.0. The van der Waals surface area contributed by atoms with Crippen LogP contribution in [-0.2, 0) is 0 Å². The number of rotatable bonds is 1. The first-order valence-corrected chi connectivity index (χ1v) is 9.20. The van der Waals surface area contributed by atoms with Crippen LogP contribution in [0.25, 0.3) is 11.1 Å². The SMILES string of the molecule is ClP1Oc2c(cccc2C2C=CC=CC2)-c2ccccc21. The zero-order chi connectivity index (χ0) is 14.2. The van der Waals surface area contributed by atoms with Gasteiger partial charge in [-0.2, -0.15) is 0 Å². The van der Waals surface area contributed by atoms with Crippen molar-refractivity contribution in [3.05, 3.63) is 72.3 Å². The van der Waals surface area contributed by atoms with Crippen LogP contribution in [0.3, 0.4) is 0 Å². The van der Waals surface area contributed by atoms with Gasteiger partial charge in [0.2, 0.25) is 7.50 Å². The van der Waals surface area contributed by atoms with E-state index in [4.69, 9.17) is 15.8 Å². The van der Waals surface area contributed by atoms with E-state index in [1.165, 1.54) is 11.1 Å². The molecule has 0 N–H and O–H groups in total. The quantitative estimate of drug-likeness (QED) is 0.630. The van der Waals surface area contributed by atoms with Gasteiger partial charge in [-0.05, 0) is 29.3 Å². The smallest absolute Gasteiger partial charge is 0.215 e. The first kappa shape index (κ1) is 13.1. The fourth-order valence-corrected chi connectivity index (χ4v) is 4.66. The minimum Gasteiger partial charge on any atom is -0.452 e. The maximum Gasteiger partial charge on any atom is 0.215 e. The molecule has 2 aromatic rings. The summed E-state index contributed by atoms with van der Waals surface area (Å²) in [6, 6.07) is 14.7. The van der Waals surface area contributed by atoms with Crippen molar-refractivity contribution in [2.75, 3.05) is 0 Å². The first-order chi connectivity index (χ1) is 10.3. The van der Waals surface area contributed by atoms with Crippen LogP contribution in [-0.4, -0.2) is 0 Å². The average Bonchev–Trinajstić information content (AvgIpc) is 2.56. The van der Waals surface area contributed by atoms with Crippen LogP contribution >= 0.6 is 18.7 Å². The monoisotopic (exact) mass is 312 g/mol. The van der Waals surface area contributed by atoms with E-state index in [1.807, 2.05) is 6.07 Å². The fourth-order valence-electron chi connectivity index (χ4n) is 2.96. The summed E-state index contributed by atoms with van der Waals surface area (Å²) >= 11 is 6.50. The van der Waals surface area contributed by atoms with E-state index in [0.29, 0.717) is 5.92 Å². The van der Waals surface area contributed by atoms with Gasteiger partial charge in [-0.25, -0.2) is 0 Å². The van der Waals surface area contributed by atoms with Gasteiger partial charge in [-0.3, -0.25) is 0 Å². The highest BCUT2D eigenvalue weighted by atomic mass is 35.7. The Morgan fingerprint density at radius 3 is 2.71 bits per heavy atom. The molecule has 0 bridgehead atoms. The minimum atomic E-state index is -1.10. The van der Waals surface area contributed by atoms with Crippen LogP contribution in [0.4, 0.5) is 0 Å². The van der Waals surface area contributed by atoms with Crippen LogP contribution in [0, 0.1) is 0 Å². The molecule has 1 nitrogen and oxygen atoms in total. The summed E-state index contributed by atoms with van der Waals surface area (Å²) in [6.45, 7) is 0.